The predicted octanol–water partition coefficient (Wildman–Crippen LogP) is 0.938. The molecular weight excluding hydrogens is 223 g/mol. The van der Waals surface area contributed by atoms with Gasteiger partial charge in [0.15, 0.2) is 0 Å². The summed E-state index contributed by atoms with van der Waals surface area (Å²) >= 11 is 0. The lowest BCUT2D eigenvalue weighted by atomic mass is 10.1. The van der Waals surface area contributed by atoms with Crippen molar-refractivity contribution in [3.05, 3.63) is 35.6 Å². The Bertz CT molecular complexity index is 421. The molecule has 0 spiro atoms. The predicted molar refractivity (Wildman–Crippen MR) is 62.0 cm³/mol. The maximum atomic E-state index is 13.2. The highest BCUT2D eigenvalue weighted by Crippen LogP contribution is 2.06. The van der Waals surface area contributed by atoms with E-state index in [4.69, 9.17) is 0 Å². The summed E-state index contributed by atoms with van der Waals surface area (Å²) in [4.78, 5) is 22.8. The minimum Gasteiger partial charge on any atom is -0.359 e. The van der Waals surface area contributed by atoms with Gasteiger partial charge in [-0.2, -0.15) is 0 Å². The number of benzene rings is 1. The highest BCUT2D eigenvalue weighted by atomic mass is 19.1. The summed E-state index contributed by atoms with van der Waals surface area (Å²) in [5, 5.41) is 4.99. The van der Waals surface area contributed by atoms with E-state index >= 15 is 0 Å². The van der Waals surface area contributed by atoms with Crippen molar-refractivity contribution in [3.8, 4) is 0 Å². The fourth-order valence-corrected chi connectivity index (χ4v) is 1.33. The summed E-state index contributed by atoms with van der Waals surface area (Å²) in [5.41, 5.74) is -0.0170. The maximum absolute atomic E-state index is 13.2. The third kappa shape index (κ3) is 3.55. The molecule has 1 rings (SSSR count). The van der Waals surface area contributed by atoms with E-state index < -0.39 is 11.7 Å². The van der Waals surface area contributed by atoms with Gasteiger partial charge in [-0.25, -0.2) is 4.39 Å². The largest absolute Gasteiger partial charge is 0.359 e. The Balaban J connectivity index is 2.57. The van der Waals surface area contributed by atoms with Crippen LogP contribution < -0.4 is 10.6 Å². The molecule has 0 aliphatic carbocycles. The molecule has 1 aromatic rings. The van der Waals surface area contributed by atoms with Crippen molar-refractivity contribution in [2.45, 2.75) is 6.92 Å². The fourth-order valence-electron chi connectivity index (χ4n) is 1.33. The molecule has 92 valence electrons. The molecule has 1 unspecified atom stereocenters. The highest BCUT2D eigenvalue weighted by Gasteiger charge is 2.14. The molecule has 2 N–H and O–H groups in total. The van der Waals surface area contributed by atoms with Crippen LogP contribution in [-0.4, -0.2) is 25.4 Å². The molecule has 0 radical (unpaired) electrons. The van der Waals surface area contributed by atoms with Crippen molar-refractivity contribution in [2.75, 3.05) is 13.6 Å². The van der Waals surface area contributed by atoms with Crippen LogP contribution in [0.2, 0.25) is 0 Å². The molecule has 0 aromatic heterocycles. The Kier molecular flexibility index (Phi) is 4.63. The molecule has 1 atom stereocenters. The van der Waals surface area contributed by atoms with Crippen molar-refractivity contribution in [2.24, 2.45) is 5.92 Å². The standard InChI is InChI=1S/C12H15FN2O2/c1-8(11(16)14-2)7-15-12(17)9-5-3-4-6-10(9)13/h3-6,8H,7H2,1-2H3,(H,14,16)(H,15,17). The van der Waals surface area contributed by atoms with E-state index in [1.165, 1.54) is 25.2 Å². The number of halogens is 1. The molecule has 0 saturated heterocycles. The molecule has 0 aliphatic rings. The summed E-state index contributed by atoms with van der Waals surface area (Å²) in [6, 6.07) is 5.71. The van der Waals surface area contributed by atoms with Gasteiger partial charge in [0.05, 0.1) is 11.5 Å². The van der Waals surface area contributed by atoms with E-state index in [0.717, 1.165) is 0 Å². The number of hydrogen-bond donors (Lipinski definition) is 2. The topological polar surface area (TPSA) is 58.2 Å². The summed E-state index contributed by atoms with van der Waals surface area (Å²) in [5.74, 6) is -1.61. The van der Waals surface area contributed by atoms with Crippen molar-refractivity contribution < 1.29 is 14.0 Å². The minimum atomic E-state index is -0.572. The van der Waals surface area contributed by atoms with Gasteiger partial charge in [-0.15, -0.1) is 0 Å². The fraction of sp³-hybridized carbons (Fsp3) is 0.333. The van der Waals surface area contributed by atoms with Gasteiger partial charge < -0.3 is 10.6 Å². The molecule has 0 heterocycles. The normalized spacial score (nSPS) is 11.7. The number of nitrogens with one attached hydrogen (secondary N) is 2. The molecule has 0 saturated carbocycles. The Morgan fingerprint density at radius 3 is 2.59 bits per heavy atom. The Morgan fingerprint density at radius 1 is 1.35 bits per heavy atom. The zero-order valence-corrected chi connectivity index (χ0v) is 9.79. The molecule has 5 heteroatoms. The highest BCUT2D eigenvalue weighted by molar-refractivity contribution is 5.94. The molecule has 2 amide bonds. The lowest BCUT2D eigenvalue weighted by Crippen LogP contribution is -2.36. The number of carbonyl (C=O) groups is 2. The van der Waals surface area contributed by atoms with Gasteiger partial charge in [-0.05, 0) is 12.1 Å². The van der Waals surface area contributed by atoms with Crippen LogP contribution in [0.4, 0.5) is 4.39 Å². The minimum absolute atomic E-state index is 0.0170. The lowest BCUT2D eigenvalue weighted by Gasteiger charge is -2.11. The summed E-state index contributed by atoms with van der Waals surface area (Å²) in [6.45, 7) is 1.85. The summed E-state index contributed by atoms with van der Waals surface area (Å²) < 4.78 is 13.2. The van der Waals surface area contributed by atoms with Crippen LogP contribution in [-0.2, 0) is 4.79 Å². The smallest absolute Gasteiger partial charge is 0.254 e. The van der Waals surface area contributed by atoms with Crippen molar-refractivity contribution in [1.82, 2.24) is 10.6 Å². The third-order valence-electron chi connectivity index (χ3n) is 2.38. The monoisotopic (exact) mass is 238 g/mol. The summed E-state index contributed by atoms with van der Waals surface area (Å²) in [6.07, 6.45) is 0. The first-order valence-corrected chi connectivity index (χ1v) is 5.30. The van der Waals surface area contributed by atoms with E-state index in [2.05, 4.69) is 10.6 Å². The van der Waals surface area contributed by atoms with E-state index in [1.54, 1.807) is 13.0 Å². The number of rotatable bonds is 4. The average Bonchev–Trinajstić information content (AvgIpc) is 2.35. The van der Waals surface area contributed by atoms with E-state index in [0.29, 0.717) is 0 Å². The average molecular weight is 238 g/mol. The maximum Gasteiger partial charge on any atom is 0.254 e. The van der Waals surface area contributed by atoms with Gasteiger partial charge in [0.2, 0.25) is 5.91 Å². The second-order valence-electron chi connectivity index (χ2n) is 3.71. The van der Waals surface area contributed by atoms with Crippen LogP contribution >= 0.6 is 0 Å². The van der Waals surface area contributed by atoms with Crippen molar-refractivity contribution in [3.63, 3.8) is 0 Å². The Morgan fingerprint density at radius 2 is 2.00 bits per heavy atom. The first-order valence-electron chi connectivity index (χ1n) is 5.30. The molecule has 0 bridgehead atoms. The van der Waals surface area contributed by atoms with Crippen LogP contribution in [0.1, 0.15) is 17.3 Å². The molecule has 1 aromatic carbocycles. The Labute approximate surface area is 99.2 Å². The molecular formula is C12H15FN2O2. The quantitative estimate of drug-likeness (QED) is 0.820. The lowest BCUT2D eigenvalue weighted by molar-refractivity contribution is -0.123. The van der Waals surface area contributed by atoms with Crippen LogP contribution in [0.25, 0.3) is 0 Å². The molecule has 17 heavy (non-hydrogen) atoms. The first kappa shape index (κ1) is 13.2. The van der Waals surface area contributed by atoms with Gasteiger partial charge in [0.25, 0.3) is 5.91 Å². The van der Waals surface area contributed by atoms with Gasteiger partial charge in [-0.1, -0.05) is 19.1 Å². The van der Waals surface area contributed by atoms with E-state index in [9.17, 15) is 14.0 Å². The second kappa shape index (κ2) is 5.98. The van der Waals surface area contributed by atoms with Gasteiger partial charge in [0.1, 0.15) is 5.82 Å². The van der Waals surface area contributed by atoms with Crippen LogP contribution in [0, 0.1) is 11.7 Å². The van der Waals surface area contributed by atoms with Gasteiger partial charge in [-0.3, -0.25) is 9.59 Å². The SMILES string of the molecule is CNC(=O)C(C)CNC(=O)c1ccccc1F. The van der Waals surface area contributed by atoms with Crippen LogP contribution in [0.15, 0.2) is 24.3 Å². The molecule has 0 aliphatic heterocycles. The van der Waals surface area contributed by atoms with Crippen molar-refractivity contribution in [1.29, 1.82) is 0 Å². The van der Waals surface area contributed by atoms with Gasteiger partial charge in [0, 0.05) is 13.6 Å². The third-order valence-corrected chi connectivity index (χ3v) is 2.38. The first-order chi connectivity index (χ1) is 8.06. The molecule has 0 fully saturated rings. The second-order valence-corrected chi connectivity index (χ2v) is 3.71. The number of carbonyl (C=O) groups excluding carboxylic acids is 2. The molecule has 4 nitrogen and oxygen atoms in total. The number of amides is 2. The van der Waals surface area contributed by atoms with Crippen LogP contribution in [0.3, 0.4) is 0 Å². The van der Waals surface area contributed by atoms with E-state index in [1.807, 2.05) is 0 Å². The number of hydrogen-bond acceptors (Lipinski definition) is 2. The van der Waals surface area contributed by atoms with Crippen LogP contribution in [0.5, 0.6) is 0 Å². The zero-order chi connectivity index (χ0) is 12.8. The Hall–Kier alpha value is -1.91. The van der Waals surface area contributed by atoms with E-state index in [-0.39, 0.29) is 23.9 Å². The zero-order valence-electron chi connectivity index (χ0n) is 9.79. The van der Waals surface area contributed by atoms with Crippen molar-refractivity contribution >= 4 is 11.8 Å². The summed E-state index contributed by atoms with van der Waals surface area (Å²) in [7, 11) is 1.53. The van der Waals surface area contributed by atoms with Gasteiger partial charge >= 0.3 is 0 Å².